The van der Waals surface area contributed by atoms with E-state index in [1.54, 1.807) is 12.1 Å². The quantitative estimate of drug-likeness (QED) is 0.450. The molecule has 4 nitrogen and oxygen atoms in total. The second-order valence-corrected chi connectivity index (χ2v) is 6.71. The van der Waals surface area contributed by atoms with E-state index in [1.807, 2.05) is 6.07 Å². The van der Waals surface area contributed by atoms with Gasteiger partial charge in [0.1, 0.15) is 0 Å². The van der Waals surface area contributed by atoms with Gasteiger partial charge in [-0.3, -0.25) is 10.1 Å². The fourth-order valence-corrected chi connectivity index (χ4v) is 4.45. The molecule has 0 amide bonds. The molecule has 3 rings (SSSR count). The normalized spacial score (nSPS) is 22.9. The summed E-state index contributed by atoms with van der Waals surface area (Å²) in [5.41, 5.74) is 2.41. The molecule has 1 aliphatic carbocycles. The molecule has 1 heterocycles. The zero-order chi connectivity index (χ0) is 14.8. The minimum Gasteiger partial charge on any atom is -0.368 e. The lowest BCUT2D eigenvalue weighted by atomic mass is 9.95. The van der Waals surface area contributed by atoms with E-state index < -0.39 is 0 Å². The highest BCUT2D eigenvalue weighted by atomic mass is 79.9. The van der Waals surface area contributed by atoms with Crippen LogP contribution in [-0.4, -0.2) is 17.5 Å². The topological polar surface area (TPSA) is 46.4 Å². The molecular weight excluding hydrogens is 332 g/mol. The molecule has 114 valence electrons. The summed E-state index contributed by atoms with van der Waals surface area (Å²) >= 11 is 3.49. The summed E-state index contributed by atoms with van der Waals surface area (Å²) in [6.45, 7) is 1.08. The van der Waals surface area contributed by atoms with E-state index in [0.717, 1.165) is 18.0 Å². The molecule has 1 atom stereocenters. The van der Waals surface area contributed by atoms with Crippen LogP contribution in [0.15, 0.2) is 18.2 Å². The summed E-state index contributed by atoms with van der Waals surface area (Å²) in [6.07, 6.45) is 7.92. The predicted molar refractivity (Wildman–Crippen MR) is 88.1 cm³/mol. The predicted octanol–water partition coefficient (Wildman–Crippen LogP) is 4.65. The number of non-ortho nitro benzene ring substituents is 1. The highest BCUT2D eigenvalue weighted by molar-refractivity contribution is 9.08. The van der Waals surface area contributed by atoms with Crippen molar-refractivity contribution in [3.05, 3.63) is 33.9 Å². The van der Waals surface area contributed by atoms with Crippen LogP contribution in [0.2, 0.25) is 0 Å². The molecule has 1 aromatic carbocycles. The number of alkyl halides is 1. The van der Waals surface area contributed by atoms with Gasteiger partial charge >= 0.3 is 0 Å². The Morgan fingerprint density at radius 3 is 2.67 bits per heavy atom. The Bertz CT molecular complexity index is 529. The van der Waals surface area contributed by atoms with Gasteiger partial charge < -0.3 is 4.90 Å². The molecular formula is C16H21BrN2O2. The minimum atomic E-state index is -0.311. The Balaban J connectivity index is 1.89. The maximum absolute atomic E-state index is 11.0. The van der Waals surface area contributed by atoms with E-state index in [2.05, 4.69) is 20.8 Å². The molecule has 0 N–H and O–H groups in total. The van der Waals surface area contributed by atoms with Crippen molar-refractivity contribution >= 4 is 27.3 Å². The highest BCUT2D eigenvalue weighted by Crippen LogP contribution is 2.39. The first kappa shape index (κ1) is 14.8. The van der Waals surface area contributed by atoms with Gasteiger partial charge in [0.15, 0.2) is 0 Å². The van der Waals surface area contributed by atoms with Crippen LogP contribution in [0.25, 0.3) is 0 Å². The zero-order valence-corrected chi connectivity index (χ0v) is 13.7. The number of benzene rings is 1. The van der Waals surface area contributed by atoms with Gasteiger partial charge in [0, 0.05) is 35.7 Å². The number of hydrogen-bond acceptors (Lipinski definition) is 3. The highest BCUT2D eigenvalue weighted by Gasteiger charge is 2.34. The van der Waals surface area contributed by atoms with Gasteiger partial charge in [-0.2, -0.15) is 0 Å². The summed E-state index contributed by atoms with van der Waals surface area (Å²) in [5.74, 6) is 0.811. The molecule has 1 saturated carbocycles. The van der Waals surface area contributed by atoms with Crippen LogP contribution in [0.4, 0.5) is 11.4 Å². The Kier molecular flexibility index (Phi) is 4.48. The first-order valence-corrected chi connectivity index (χ1v) is 8.93. The van der Waals surface area contributed by atoms with E-state index >= 15 is 0 Å². The van der Waals surface area contributed by atoms with Crippen molar-refractivity contribution < 1.29 is 4.92 Å². The molecule has 5 heteroatoms. The summed E-state index contributed by atoms with van der Waals surface area (Å²) < 4.78 is 0. The minimum absolute atomic E-state index is 0.185. The molecule has 0 aromatic heterocycles. The maximum Gasteiger partial charge on any atom is 0.269 e. The fraction of sp³-hybridized carbons (Fsp3) is 0.625. The average Bonchev–Trinajstić information content (AvgIpc) is 3.16. The number of hydrogen-bond donors (Lipinski definition) is 0. The first-order chi connectivity index (χ1) is 10.2. The lowest BCUT2D eigenvalue weighted by Gasteiger charge is -2.32. The van der Waals surface area contributed by atoms with Crippen LogP contribution in [0.5, 0.6) is 0 Å². The van der Waals surface area contributed by atoms with Crippen molar-refractivity contribution in [3.63, 3.8) is 0 Å². The monoisotopic (exact) mass is 352 g/mol. The smallest absolute Gasteiger partial charge is 0.269 e. The van der Waals surface area contributed by atoms with Crippen molar-refractivity contribution in [2.24, 2.45) is 5.92 Å². The van der Waals surface area contributed by atoms with Crippen LogP contribution >= 0.6 is 15.9 Å². The Morgan fingerprint density at radius 2 is 2.00 bits per heavy atom. The van der Waals surface area contributed by atoms with Crippen molar-refractivity contribution in [1.82, 2.24) is 0 Å². The third-order valence-corrected chi connectivity index (χ3v) is 5.57. The first-order valence-electron chi connectivity index (χ1n) is 7.80. The van der Waals surface area contributed by atoms with Gasteiger partial charge in [-0.25, -0.2) is 0 Å². The van der Waals surface area contributed by atoms with E-state index in [9.17, 15) is 10.1 Å². The Morgan fingerprint density at radius 1 is 1.24 bits per heavy atom. The molecule has 0 radical (unpaired) electrons. The zero-order valence-electron chi connectivity index (χ0n) is 12.1. The second-order valence-electron chi connectivity index (χ2n) is 6.15. The third-order valence-electron chi connectivity index (χ3n) is 4.97. The lowest BCUT2D eigenvalue weighted by molar-refractivity contribution is -0.384. The Hall–Kier alpha value is -1.10. The SMILES string of the molecule is O=[N+]([O-])c1ccc(N2CCCC2C2CCCC2)c(CBr)c1. The van der Waals surface area contributed by atoms with Gasteiger partial charge in [0.2, 0.25) is 0 Å². The van der Waals surface area contributed by atoms with Crippen LogP contribution in [0, 0.1) is 16.0 Å². The number of nitrogens with zero attached hydrogens (tertiary/aromatic N) is 2. The van der Waals surface area contributed by atoms with E-state index in [4.69, 9.17) is 0 Å². The van der Waals surface area contributed by atoms with Crippen LogP contribution in [-0.2, 0) is 5.33 Å². The molecule has 1 aliphatic heterocycles. The molecule has 2 aliphatic rings. The maximum atomic E-state index is 11.0. The summed E-state index contributed by atoms with van der Waals surface area (Å²) in [4.78, 5) is 13.2. The number of anilines is 1. The number of rotatable bonds is 4. The van der Waals surface area contributed by atoms with E-state index in [-0.39, 0.29) is 10.6 Å². The van der Waals surface area contributed by atoms with Gasteiger partial charge in [-0.15, -0.1) is 0 Å². The number of nitro benzene ring substituents is 1. The van der Waals surface area contributed by atoms with E-state index in [0.29, 0.717) is 11.4 Å². The molecule has 0 spiro atoms. The van der Waals surface area contributed by atoms with Crippen molar-refractivity contribution in [3.8, 4) is 0 Å². The van der Waals surface area contributed by atoms with Crippen molar-refractivity contribution in [1.29, 1.82) is 0 Å². The van der Waals surface area contributed by atoms with Gasteiger partial charge in [-0.05, 0) is 43.2 Å². The largest absolute Gasteiger partial charge is 0.368 e. The van der Waals surface area contributed by atoms with Crippen LogP contribution < -0.4 is 4.90 Å². The number of nitro groups is 1. The average molecular weight is 353 g/mol. The van der Waals surface area contributed by atoms with Gasteiger partial charge in [0.25, 0.3) is 5.69 Å². The standard InChI is InChI=1S/C16H21BrN2O2/c17-11-13-10-14(19(20)21)7-8-16(13)18-9-3-6-15(18)12-4-1-2-5-12/h7-8,10,12,15H,1-6,9,11H2. The summed E-state index contributed by atoms with van der Waals surface area (Å²) in [5, 5.41) is 11.6. The molecule has 2 fully saturated rings. The summed E-state index contributed by atoms with van der Waals surface area (Å²) in [7, 11) is 0. The summed E-state index contributed by atoms with van der Waals surface area (Å²) in [6, 6.07) is 5.94. The van der Waals surface area contributed by atoms with Crippen LogP contribution in [0.1, 0.15) is 44.1 Å². The fourth-order valence-electron chi connectivity index (χ4n) is 4.00. The third kappa shape index (κ3) is 2.93. The molecule has 0 bridgehead atoms. The molecule has 1 aromatic rings. The van der Waals surface area contributed by atoms with Gasteiger partial charge in [0.05, 0.1) is 4.92 Å². The van der Waals surface area contributed by atoms with Crippen molar-refractivity contribution in [2.45, 2.75) is 49.9 Å². The lowest BCUT2D eigenvalue weighted by Crippen LogP contribution is -2.35. The molecule has 21 heavy (non-hydrogen) atoms. The Labute approximate surface area is 133 Å². The second kappa shape index (κ2) is 6.34. The van der Waals surface area contributed by atoms with Gasteiger partial charge in [-0.1, -0.05) is 28.8 Å². The van der Waals surface area contributed by atoms with Crippen LogP contribution in [0.3, 0.4) is 0 Å². The number of halogens is 1. The molecule has 1 saturated heterocycles. The molecule has 1 unspecified atom stereocenters. The van der Waals surface area contributed by atoms with E-state index in [1.165, 1.54) is 44.2 Å². The van der Waals surface area contributed by atoms with Crippen molar-refractivity contribution in [2.75, 3.05) is 11.4 Å².